The van der Waals surface area contributed by atoms with Crippen LogP contribution < -0.4 is 10.6 Å². The summed E-state index contributed by atoms with van der Waals surface area (Å²) in [5, 5.41) is 5.92. The summed E-state index contributed by atoms with van der Waals surface area (Å²) in [5.41, 5.74) is -0.179. The average Bonchev–Trinajstić information content (AvgIpc) is 2.89. The standard InChI is InChI=1S/C14H16F2N2O2/c15-9-1-2-11(12(16)7-9)13(19)3-4-14(20)18-10-5-6-17-8-10/h1-2,7,10,17H,3-6,8H2,(H,18,20). The van der Waals surface area contributed by atoms with Crippen molar-refractivity contribution in [3.63, 3.8) is 0 Å². The van der Waals surface area contributed by atoms with Crippen molar-refractivity contribution in [2.24, 2.45) is 0 Å². The molecule has 1 unspecified atom stereocenters. The average molecular weight is 282 g/mol. The Kier molecular flexibility index (Phi) is 4.79. The van der Waals surface area contributed by atoms with Gasteiger partial charge in [-0.3, -0.25) is 9.59 Å². The van der Waals surface area contributed by atoms with Gasteiger partial charge in [-0.15, -0.1) is 0 Å². The highest BCUT2D eigenvalue weighted by atomic mass is 19.1. The van der Waals surface area contributed by atoms with Crippen molar-refractivity contribution < 1.29 is 18.4 Å². The van der Waals surface area contributed by atoms with Gasteiger partial charge in [0, 0.05) is 31.5 Å². The van der Waals surface area contributed by atoms with E-state index in [1.54, 1.807) is 0 Å². The van der Waals surface area contributed by atoms with Gasteiger partial charge in [-0.2, -0.15) is 0 Å². The van der Waals surface area contributed by atoms with Gasteiger partial charge >= 0.3 is 0 Å². The van der Waals surface area contributed by atoms with Crippen molar-refractivity contribution in [2.45, 2.75) is 25.3 Å². The topological polar surface area (TPSA) is 58.2 Å². The van der Waals surface area contributed by atoms with Crippen molar-refractivity contribution in [2.75, 3.05) is 13.1 Å². The van der Waals surface area contributed by atoms with Gasteiger partial charge < -0.3 is 10.6 Å². The van der Waals surface area contributed by atoms with Crippen LogP contribution in [0.3, 0.4) is 0 Å². The number of nitrogens with one attached hydrogen (secondary N) is 2. The lowest BCUT2D eigenvalue weighted by atomic mass is 10.1. The first kappa shape index (κ1) is 14.6. The fraction of sp³-hybridized carbons (Fsp3) is 0.429. The van der Waals surface area contributed by atoms with E-state index in [2.05, 4.69) is 10.6 Å². The van der Waals surface area contributed by atoms with E-state index in [0.717, 1.165) is 31.6 Å². The van der Waals surface area contributed by atoms with Gasteiger partial charge in [0.15, 0.2) is 5.78 Å². The molecule has 1 aliphatic rings. The van der Waals surface area contributed by atoms with E-state index in [9.17, 15) is 18.4 Å². The van der Waals surface area contributed by atoms with Crippen molar-refractivity contribution in [3.8, 4) is 0 Å². The number of Topliss-reactive ketones (excluding diaryl/α,β-unsaturated/α-hetero) is 1. The van der Waals surface area contributed by atoms with E-state index in [4.69, 9.17) is 0 Å². The van der Waals surface area contributed by atoms with E-state index >= 15 is 0 Å². The number of hydrogen-bond acceptors (Lipinski definition) is 3. The van der Waals surface area contributed by atoms with Crippen LogP contribution in [-0.2, 0) is 4.79 Å². The summed E-state index contributed by atoms with van der Waals surface area (Å²) >= 11 is 0. The highest BCUT2D eigenvalue weighted by Gasteiger charge is 2.18. The van der Waals surface area contributed by atoms with Crippen LogP contribution in [0.1, 0.15) is 29.6 Å². The van der Waals surface area contributed by atoms with Crippen molar-refractivity contribution >= 4 is 11.7 Å². The highest BCUT2D eigenvalue weighted by molar-refractivity contribution is 5.98. The van der Waals surface area contributed by atoms with E-state index < -0.39 is 17.4 Å². The number of carbonyl (C=O) groups is 2. The van der Waals surface area contributed by atoms with Crippen LogP contribution in [0.25, 0.3) is 0 Å². The Morgan fingerprint density at radius 1 is 1.30 bits per heavy atom. The molecular weight excluding hydrogens is 266 g/mol. The number of rotatable bonds is 5. The molecule has 1 amide bonds. The molecule has 0 radical (unpaired) electrons. The van der Waals surface area contributed by atoms with Gasteiger partial charge in [-0.1, -0.05) is 0 Å². The normalized spacial score (nSPS) is 18.0. The maximum absolute atomic E-state index is 13.4. The molecule has 2 N–H and O–H groups in total. The SMILES string of the molecule is O=C(CCC(=O)c1ccc(F)cc1F)NC1CCNC1. The van der Waals surface area contributed by atoms with Gasteiger partial charge in [0.05, 0.1) is 5.56 Å². The Balaban J connectivity index is 1.83. The Hall–Kier alpha value is -1.82. The largest absolute Gasteiger partial charge is 0.352 e. The molecule has 1 aliphatic heterocycles. The van der Waals surface area contributed by atoms with E-state index in [1.807, 2.05) is 0 Å². The second-order valence-electron chi connectivity index (χ2n) is 4.80. The lowest BCUT2D eigenvalue weighted by molar-refractivity contribution is -0.121. The van der Waals surface area contributed by atoms with E-state index in [1.165, 1.54) is 0 Å². The van der Waals surface area contributed by atoms with Gasteiger partial charge in [-0.05, 0) is 25.1 Å². The number of halogens is 2. The zero-order valence-corrected chi connectivity index (χ0v) is 10.9. The second kappa shape index (κ2) is 6.56. The smallest absolute Gasteiger partial charge is 0.220 e. The number of amides is 1. The summed E-state index contributed by atoms with van der Waals surface area (Å²) < 4.78 is 26.1. The van der Waals surface area contributed by atoms with Gasteiger partial charge in [0.1, 0.15) is 11.6 Å². The van der Waals surface area contributed by atoms with Crippen LogP contribution >= 0.6 is 0 Å². The van der Waals surface area contributed by atoms with Crippen LogP contribution in [0, 0.1) is 11.6 Å². The quantitative estimate of drug-likeness (QED) is 0.803. The first-order chi connectivity index (χ1) is 9.56. The Labute approximate surface area is 115 Å². The summed E-state index contributed by atoms with van der Waals surface area (Å²) in [7, 11) is 0. The fourth-order valence-corrected chi connectivity index (χ4v) is 2.16. The Bertz CT molecular complexity index is 514. The number of benzene rings is 1. The number of hydrogen-bond donors (Lipinski definition) is 2. The Morgan fingerprint density at radius 2 is 2.10 bits per heavy atom. The van der Waals surface area contributed by atoms with Crippen LogP contribution in [0.4, 0.5) is 8.78 Å². The molecule has 1 heterocycles. The minimum absolute atomic E-state index is 0.00610. The van der Waals surface area contributed by atoms with Crippen molar-refractivity contribution in [1.82, 2.24) is 10.6 Å². The molecule has 1 fully saturated rings. The molecule has 1 aromatic rings. The van der Waals surface area contributed by atoms with E-state index in [0.29, 0.717) is 6.07 Å². The molecule has 20 heavy (non-hydrogen) atoms. The zero-order valence-electron chi connectivity index (χ0n) is 10.9. The lowest BCUT2D eigenvalue weighted by Gasteiger charge is -2.10. The molecular formula is C14H16F2N2O2. The predicted octanol–water partition coefficient (Wildman–Crippen LogP) is 1.41. The first-order valence-corrected chi connectivity index (χ1v) is 6.54. The van der Waals surface area contributed by atoms with Crippen molar-refractivity contribution in [3.05, 3.63) is 35.4 Å². The third kappa shape index (κ3) is 3.84. The summed E-state index contributed by atoms with van der Waals surface area (Å²) in [6.45, 7) is 1.59. The summed E-state index contributed by atoms with van der Waals surface area (Å²) in [6, 6.07) is 2.89. The maximum atomic E-state index is 13.4. The van der Waals surface area contributed by atoms with Gasteiger partial charge in [-0.25, -0.2) is 8.78 Å². The fourth-order valence-electron chi connectivity index (χ4n) is 2.16. The van der Waals surface area contributed by atoms with Gasteiger partial charge in [0.2, 0.25) is 5.91 Å². The second-order valence-corrected chi connectivity index (χ2v) is 4.80. The number of ketones is 1. The molecule has 1 saturated heterocycles. The first-order valence-electron chi connectivity index (χ1n) is 6.54. The summed E-state index contributed by atoms with van der Waals surface area (Å²) in [5.74, 6) is -2.35. The summed E-state index contributed by atoms with van der Waals surface area (Å²) in [6.07, 6.45) is 0.785. The molecule has 0 bridgehead atoms. The molecule has 4 nitrogen and oxygen atoms in total. The highest BCUT2D eigenvalue weighted by Crippen LogP contribution is 2.12. The maximum Gasteiger partial charge on any atom is 0.220 e. The van der Waals surface area contributed by atoms with Crippen LogP contribution in [0.5, 0.6) is 0 Å². The number of carbonyl (C=O) groups excluding carboxylic acids is 2. The third-order valence-electron chi connectivity index (χ3n) is 3.24. The van der Waals surface area contributed by atoms with Crippen molar-refractivity contribution in [1.29, 1.82) is 0 Å². The summed E-state index contributed by atoms with van der Waals surface area (Å²) in [4.78, 5) is 23.4. The predicted molar refractivity (Wildman–Crippen MR) is 69.3 cm³/mol. The molecule has 0 spiro atoms. The molecule has 108 valence electrons. The minimum atomic E-state index is -0.893. The molecule has 6 heteroatoms. The Morgan fingerprint density at radius 3 is 2.75 bits per heavy atom. The molecule has 0 aliphatic carbocycles. The molecule has 1 aromatic carbocycles. The molecule has 0 saturated carbocycles. The lowest BCUT2D eigenvalue weighted by Crippen LogP contribution is -2.36. The third-order valence-corrected chi connectivity index (χ3v) is 3.24. The molecule has 1 atom stereocenters. The van der Waals surface area contributed by atoms with Gasteiger partial charge in [0.25, 0.3) is 0 Å². The van der Waals surface area contributed by atoms with E-state index in [-0.39, 0.29) is 30.4 Å². The van der Waals surface area contributed by atoms with Crippen LogP contribution in [0.15, 0.2) is 18.2 Å². The molecule has 2 rings (SSSR count). The van der Waals surface area contributed by atoms with Crippen LogP contribution in [-0.4, -0.2) is 30.8 Å². The molecule has 0 aromatic heterocycles. The monoisotopic (exact) mass is 282 g/mol. The minimum Gasteiger partial charge on any atom is -0.352 e. The zero-order chi connectivity index (χ0) is 14.5. The van der Waals surface area contributed by atoms with Crippen LogP contribution in [0.2, 0.25) is 0 Å².